The molecule has 0 atom stereocenters. The Morgan fingerprint density at radius 2 is 2.24 bits per heavy atom. The van der Waals surface area contributed by atoms with E-state index >= 15 is 0 Å². The standard InChI is InChI=1S/C11H14N2O3S/c1-6-8(5-9(14)16-2)17-11(12-6)13-10(15)7-3-4-7/h7H,3-5H2,1-2H3,(H,12,13,15). The van der Waals surface area contributed by atoms with E-state index in [4.69, 9.17) is 0 Å². The van der Waals surface area contributed by atoms with Gasteiger partial charge in [0, 0.05) is 10.8 Å². The summed E-state index contributed by atoms with van der Waals surface area (Å²) >= 11 is 1.33. The van der Waals surface area contributed by atoms with E-state index in [2.05, 4.69) is 15.0 Å². The molecule has 1 amide bonds. The van der Waals surface area contributed by atoms with Gasteiger partial charge in [-0.25, -0.2) is 4.98 Å². The maximum atomic E-state index is 11.5. The fourth-order valence-corrected chi connectivity index (χ4v) is 2.35. The van der Waals surface area contributed by atoms with Crippen LogP contribution < -0.4 is 5.32 Å². The zero-order chi connectivity index (χ0) is 12.4. The number of thiazole rings is 1. The molecule has 1 heterocycles. The zero-order valence-electron chi connectivity index (χ0n) is 9.78. The number of esters is 1. The number of carbonyl (C=O) groups excluding carboxylic acids is 2. The molecule has 1 aliphatic carbocycles. The Bertz CT molecular complexity index is 452. The largest absolute Gasteiger partial charge is 0.469 e. The number of anilines is 1. The van der Waals surface area contributed by atoms with E-state index in [0.29, 0.717) is 5.13 Å². The number of methoxy groups -OCH3 is 1. The van der Waals surface area contributed by atoms with Crippen LogP contribution in [0.2, 0.25) is 0 Å². The highest BCUT2D eigenvalue weighted by Crippen LogP contribution is 2.31. The Kier molecular flexibility index (Phi) is 3.42. The minimum atomic E-state index is -0.295. The summed E-state index contributed by atoms with van der Waals surface area (Å²) in [6, 6.07) is 0. The van der Waals surface area contributed by atoms with Crippen molar-refractivity contribution in [2.45, 2.75) is 26.2 Å². The Morgan fingerprint density at radius 1 is 1.53 bits per heavy atom. The Morgan fingerprint density at radius 3 is 2.82 bits per heavy atom. The van der Waals surface area contributed by atoms with Crippen LogP contribution >= 0.6 is 11.3 Å². The lowest BCUT2D eigenvalue weighted by Gasteiger charge is -1.97. The monoisotopic (exact) mass is 254 g/mol. The number of nitrogens with zero attached hydrogens (tertiary/aromatic N) is 1. The number of aromatic nitrogens is 1. The fraction of sp³-hybridized carbons (Fsp3) is 0.545. The third kappa shape index (κ3) is 3.03. The molecule has 1 aromatic heterocycles. The molecule has 1 N–H and O–H groups in total. The van der Waals surface area contributed by atoms with Crippen LogP contribution in [-0.4, -0.2) is 24.0 Å². The molecule has 6 heteroatoms. The molecule has 17 heavy (non-hydrogen) atoms. The predicted octanol–water partition coefficient (Wildman–Crippen LogP) is 1.52. The van der Waals surface area contributed by atoms with E-state index in [0.717, 1.165) is 23.4 Å². The van der Waals surface area contributed by atoms with Gasteiger partial charge in [0.05, 0.1) is 19.2 Å². The van der Waals surface area contributed by atoms with Crippen LogP contribution in [0.5, 0.6) is 0 Å². The first-order valence-corrected chi connectivity index (χ1v) is 6.25. The van der Waals surface area contributed by atoms with E-state index in [1.165, 1.54) is 18.4 Å². The molecule has 0 radical (unpaired) electrons. The topological polar surface area (TPSA) is 68.3 Å². The number of hydrogen-bond donors (Lipinski definition) is 1. The molecule has 1 aromatic rings. The van der Waals surface area contributed by atoms with Crippen LogP contribution in [0.3, 0.4) is 0 Å². The minimum absolute atomic E-state index is 0.0309. The molecule has 1 fully saturated rings. The second-order valence-corrected chi connectivity index (χ2v) is 5.13. The van der Waals surface area contributed by atoms with Crippen LogP contribution in [0.15, 0.2) is 0 Å². The lowest BCUT2D eigenvalue weighted by molar-refractivity contribution is -0.139. The van der Waals surface area contributed by atoms with Crippen LogP contribution in [0.4, 0.5) is 5.13 Å². The first kappa shape index (κ1) is 12.0. The average Bonchev–Trinajstić information content (AvgIpc) is 3.07. The second kappa shape index (κ2) is 4.83. The number of nitrogens with one attached hydrogen (secondary N) is 1. The third-order valence-electron chi connectivity index (χ3n) is 2.60. The van der Waals surface area contributed by atoms with Gasteiger partial charge in [0.2, 0.25) is 5.91 Å². The van der Waals surface area contributed by atoms with Crippen molar-refractivity contribution >= 4 is 28.3 Å². The maximum absolute atomic E-state index is 11.5. The second-order valence-electron chi connectivity index (χ2n) is 4.04. The summed E-state index contributed by atoms with van der Waals surface area (Å²) < 4.78 is 4.60. The summed E-state index contributed by atoms with van der Waals surface area (Å²) in [4.78, 5) is 27.8. The Hall–Kier alpha value is -1.43. The van der Waals surface area contributed by atoms with Crippen LogP contribution in [-0.2, 0) is 20.7 Å². The van der Waals surface area contributed by atoms with E-state index in [1.54, 1.807) is 0 Å². The number of ether oxygens (including phenoxy) is 1. The molecular weight excluding hydrogens is 240 g/mol. The number of amides is 1. The van der Waals surface area contributed by atoms with Crippen molar-refractivity contribution in [2.75, 3.05) is 12.4 Å². The highest BCUT2D eigenvalue weighted by molar-refractivity contribution is 7.16. The maximum Gasteiger partial charge on any atom is 0.310 e. The number of hydrogen-bond acceptors (Lipinski definition) is 5. The highest BCUT2D eigenvalue weighted by atomic mass is 32.1. The van der Waals surface area contributed by atoms with Gasteiger partial charge in [-0.3, -0.25) is 9.59 Å². The van der Waals surface area contributed by atoms with Crippen LogP contribution in [0.1, 0.15) is 23.4 Å². The molecule has 5 nitrogen and oxygen atoms in total. The zero-order valence-corrected chi connectivity index (χ0v) is 10.6. The number of rotatable bonds is 4. The molecule has 0 spiro atoms. The van der Waals surface area contributed by atoms with Gasteiger partial charge in [-0.15, -0.1) is 11.3 Å². The van der Waals surface area contributed by atoms with Gasteiger partial charge in [0.1, 0.15) is 0 Å². The molecular formula is C11H14N2O3S. The molecule has 0 aliphatic heterocycles. The SMILES string of the molecule is COC(=O)Cc1sc(NC(=O)C2CC2)nc1C. The summed E-state index contributed by atoms with van der Waals surface area (Å²) in [6.07, 6.45) is 2.13. The van der Waals surface area contributed by atoms with E-state index in [1.807, 2.05) is 6.92 Å². The molecule has 92 valence electrons. The van der Waals surface area contributed by atoms with E-state index in [-0.39, 0.29) is 24.2 Å². The van der Waals surface area contributed by atoms with E-state index in [9.17, 15) is 9.59 Å². The molecule has 1 aliphatic rings. The van der Waals surface area contributed by atoms with Crippen molar-refractivity contribution in [3.8, 4) is 0 Å². The third-order valence-corrected chi connectivity index (χ3v) is 3.68. The molecule has 0 unspecified atom stereocenters. The highest BCUT2D eigenvalue weighted by Gasteiger charge is 2.30. The number of aryl methyl sites for hydroxylation is 1. The normalized spacial score (nSPS) is 14.5. The van der Waals surface area contributed by atoms with Gasteiger partial charge < -0.3 is 10.1 Å². The number of carbonyl (C=O) groups is 2. The van der Waals surface area contributed by atoms with Crippen molar-refractivity contribution in [3.05, 3.63) is 10.6 Å². The molecule has 0 aromatic carbocycles. The van der Waals surface area contributed by atoms with Gasteiger partial charge in [0.15, 0.2) is 5.13 Å². The van der Waals surface area contributed by atoms with Crippen LogP contribution in [0, 0.1) is 12.8 Å². The lowest BCUT2D eigenvalue weighted by Crippen LogP contribution is -2.12. The fourth-order valence-electron chi connectivity index (χ4n) is 1.40. The Balaban J connectivity index is 2.01. The molecule has 2 rings (SSSR count). The van der Waals surface area contributed by atoms with Crippen molar-refractivity contribution in [1.82, 2.24) is 4.98 Å². The quantitative estimate of drug-likeness (QED) is 0.827. The first-order valence-electron chi connectivity index (χ1n) is 5.44. The Labute approximate surface area is 103 Å². The van der Waals surface area contributed by atoms with Crippen LogP contribution in [0.25, 0.3) is 0 Å². The molecule has 1 saturated carbocycles. The summed E-state index contributed by atoms with van der Waals surface area (Å²) in [7, 11) is 1.36. The van der Waals surface area contributed by atoms with Gasteiger partial charge in [0.25, 0.3) is 0 Å². The van der Waals surface area contributed by atoms with Crippen molar-refractivity contribution in [3.63, 3.8) is 0 Å². The van der Waals surface area contributed by atoms with Gasteiger partial charge >= 0.3 is 5.97 Å². The van der Waals surface area contributed by atoms with Crippen molar-refractivity contribution in [2.24, 2.45) is 5.92 Å². The van der Waals surface area contributed by atoms with Gasteiger partial charge in [-0.1, -0.05) is 0 Å². The summed E-state index contributed by atoms with van der Waals surface area (Å²) in [6.45, 7) is 1.82. The molecule has 0 bridgehead atoms. The molecule has 0 saturated heterocycles. The van der Waals surface area contributed by atoms with E-state index < -0.39 is 0 Å². The predicted molar refractivity (Wildman–Crippen MR) is 63.9 cm³/mol. The smallest absolute Gasteiger partial charge is 0.310 e. The lowest BCUT2D eigenvalue weighted by atomic mass is 10.3. The van der Waals surface area contributed by atoms with Gasteiger partial charge in [-0.05, 0) is 19.8 Å². The van der Waals surface area contributed by atoms with Crippen molar-refractivity contribution < 1.29 is 14.3 Å². The van der Waals surface area contributed by atoms with Gasteiger partial charge in [-0.2, -0.15) is 0 Å². The minimum Gasteiger partial charge on any atom is -0.469 e. The summed E-state index contributed by atoms with van der Waals surface area (Å²) in [5, 5.41) is 3.34. The summed E-state index contributed by atoms with van der Waals surface area (Å²) in [5.74, 6) is -0.108. The first-order chi connectivity index (χ1) is 8.10. The average molecular weight is 254 g/mol. The summed E-state index contributed by atoms with van der Waals surface area (Å²) in [5.41, 5.74) is 0.770. The van der Waals surface area contributed by atoms with Crippen molar-refractivity contribution in [1.29, 1.82) is 0 Å².